The first-order valence-corrected chi connectivity index (χ1v) is 15.5. The number of halogens is 1. The molecule has 1 aromatic carbocycles. The molecule has 14 nitrogen and oxygen atoms in total. The molecule has 1 aliphatic carbocycles. The molecule has 2 aliphatic heterocycles. The molecular weight excluding hydrogens is 606 g/mol. The molecule has 0 bridgehead atoms. The maximum atomic E-state index is 14.1. The van der Waals surface area contributed by atoms with Crippen molar-refractivity contribution in [3.05, 3.63) is 35.4 Å². The standard InChI is InChI=1S/C30H38ClN7O7/c1-29(2,3)45-28(44)32-21-10-8-6-4-5-7-9-18-15-30(18,27(42)43)33-25(40)22-14-19(16-37(22)26(21)41)38-35-24(34-36-38)17-11-12-23(39)20(31)13-17/h7,9,11-13,18-19,21-22,39H,4-6,8,10,14-16H2,1-3H3,(H,32,44)(H,33,40)(H,42,43)/t18-,19-,21+,22+,30-/m1/s1. The van der Waals surface area contributed by atoms with Crippen molar-refractivity contribution in [1.82, 2.24) is 35.7 Å². The molecule has 0 radical (unpaired) electrons. The second-order valence-electron chi connectivity index (χ2n) is 12.8. The van der Waals surface area contributed by atoms with E-state index in [0.717, 1.165) is 19.3 Å². The molecule has 3 heterocycles. The van der Waals surface area contributed by atoms with Gasteiger partial charge in [-0.2, -0.15) is 4.80 Å². The average Bonchev–Trinajstić information content (AvgIpc) is 3.28. The molecule has 0 spiro atoms. The van der Waals surface area contributed by atoms with Crippen molar-refractivity contribution in [3.8, 4) is 17.1 Å². The number of allylic oxidation sites excluding steroid dienone is 1. The lowest BCUT2D eigenvalue weighted by Gasteiger charge is -2.30. The summed E-state index contributed by atoms with van der Waals surface area (Å²) in [6.45, 7) is 5.18. The molecule has 4 N–H and O–H groups in total. The van der Waals surface area contributed by atoms with E-state index in [9.17, 15) is 29.4 Å². The van der Waals surface area contributed by atoms with Crippen LogP contribution in [0, 0.1) is 5.92 Å². The third-order valence-corrected chi connectivity index (χ3v) is 8.59. The van der Waals surface area contributed by atoms with E-state index in [1.165, 1.54) is 21.8 Å². The molecular formula is C30H38ClN7O7. The summed E-state index contributed by atoms with van der Waals surface area (Å²) in [5.74, 6) is -2.47. The van der Waals surface area contributed by atoms with E-state index in [0.29, 0.717) is 18.4 Å². The number of aromatic hydroxyl groups is 1. The monoisotopic (exact) mass is 643 g/mol. The number of aliphatic carboxylic acids is 1. The Morgan fingerprint density at radius 2 is 1.98 bits per heavy atom. The zero-order valence-electron chi connectivity index (χ0n) is 25.4. The molecule has 1 saturated heterocycles. The molecule has 3 amide bonds. The second-order valence-corrected chi connectivity index (χ2v) is 13.2. The van der Waals surface area contributed by atoms with Gasteiger partial charge >= 0.3 is 12.1 Å². The van der Waals surface area contributed by atoms with Gasteiger partial charge in [-0.15, -0.1) is 10.2 Å². The summed E-state index contributed by atoms with van der Waals surface area (Å²) in [5, 5.41) is 38.1. The highest BCUT2D eigenvalue weighted by Crippen LogP contribution is 2.45. The van der Waals surface area contributed by atoms with Gasteiger partial charge in [-0.1, -0.05) is 36.6 Å². The Labute approximate surface area is 265 Å². The third kappa shape index (κ3) is 7.21. The number of phenols is 1. The van der Waals surface area contributed by atoms with Gasteiger partial charge < -0.3 is 30.5 Å². The number of carboxylic acids is 1. The van der Waals surface area contributed by atoms with Crippen molar-refractivity contribution in [1.29, 1.82) is 0 Å². The summed E-state index contributed by atoms with van der Waals surface area (Å²) in [5.41, 5.74) is -1.74. The SMILES string of the molecule is CC(C)(C)OC(=O)N[C@H]1CCCCCC=C[C@@H]2C[C@@]2(C(=O)O)NC(=O)[C@@H]2C[C@@H](n3nnc(-c4ccc(O)c(Cl)c4)n3)CN2C1=O. The zero-order valence-corrected chi connectivity index (χ0v) is 26.2. The minimum atomic E-state index is -1.45. The first-order chi connectivity index (χ1) is 21.3. The number of amides is 3. The molecule has 2 aromatic rings. The van der Waals surface area contributed by atoms with Crippen molar-refractivity contribution < 1.29 is 34.1 Å². The lowest BCUT2D eigenvalue weighted by atomic mass is 10.0. The Hall–Kier alpha value is -4.20. The fraction of sp³-hybridized carbons (Fsp3) is 0.567. The lowest BCUT2D eigenvalue weighted by Crippen LogP contribution is -2.56. The minimum absolute atomic E-state index is 0.0129. The van der Waals surface area contributed by atoms with E-state index in [2.05, 4.69) is 26.0 Å². The number of nitrogens with zero attached hydrogens (tertiary/aromatic N) is 5. The molecule has 15 heteroatoms. The van der Waals surface area contributed by atoms with E-state index in [1.54, 1.807) is 26.8 Å². The van der Waals surface area contributed by atoms with Crippen LogP contribution in [0.25, 0.3) is 11.4 Å². The Balaban J connectivity index is 1.45. The fourth-order valence-corrected chi connectivity index (χ4v) is 6.02. The topological polar surface area (TPSA) is 189 Å². The first-order valence-electron chi connectivity index (χ1n) is 15.1. The number of nitrogens with one attached hydrogen (secondary N) is 2. The van der Waals surface area contributed by atoms with Crippen molar-refractivity contribution in [3.63, 3.8) is 0 Å². The molecule has 2 fully saturated rings. The number of ether oxygens (including phenoxy) is 1. The maximum Gasteiger partial charge on any atom is 0.408 e. The van der Waals surface area contributed by atoms with Crippen molar-refractivity contribution >= 4 is 35.5 Å². The smallest absolute Gasteiger partial charge is 0.408 e. The van der Waals surface area contributed by atoms with Crippen molar-refractivity contribution in [2.75, 3.05) is 6.54 Å². The molecule has 45 heavy (non-hydrogen) atoms. The van der Waals surface area contributed by atoms with Crippen molar-refractivity contribution in [2.24, 2.45) is 5.92 Å². The number of fused-ring (bicyclic) bond motifs is 2. The van der Waals surface area contributed by atoms with Gasteiger partial charge in [0.2, 0.25) is 17.6 Å². The number of phenolic OH excluding ortho intramolecular Hbond substituents is 1. The number of carbonyl (C=O) groups is 4. The molecule has 5 rings (SSSR count). The van der Waals surface area contributed by atoms with E-state index in [4.69, 9.17) is 16.3 Å². The molecule has 242 valence electrons. The van der Waals surface area contributed by atoms with Gasteiger partial charge in [0.25, 0.3) is 0 Å². The van der Waals surface area contributed by atoms with Crippen LogP contribution in [0.5, 0.6) is 5.75 Å². The van der Waals surface area contributed by atoms with Gasteiger partial charge in [0, 0.05) is 24.4 Å². The highest BCUT2D eigenvalue weighted by molar-refractivity contribution is 6.32. The van der Waals surface area contributed by atoms with E-state index >= 15 is 0 Å². The highest BCUT2D eigenvalue weighted by Gasteiger charge is 2.61. The first kappa shape index (κ1) is 32.2. The average molecular weight is 644 g/mol. The Morgan fingerprint density at radius 1 is 1.20 bits per heavy atom. The van der Waals surface area contributed by atoms with Gasteiger partial charge in [-0.05, 0) is 69.9 Å². The highest BCUT2D eigenvalue weighted by atomic mass is 35.5. The number of hydrogen-bond donors (Lipinski definition) is 4. The van der Waals surface area contributed by atoms with Gasteiger partial charge in [0.15, 0.2) is 0 Å². The molecule has 3 aliphatic rings. The van der Waals surface area contributed by atoms with Gasteiger partial charge in [0.1, 0.15) is 29.0 Å². The lowest BCUT2D eigenvalue weighted by molar-refractivity contribution is -0.145. The number of aromatic nitrogens is 4. The van der Waals surface area contributed by atoms with Crippen LogP contribution in [0.3, 0.4) is 0 Å². The van der Waals surface area contributed by atoms with E-state index < -0.39 is 53.1 Å². The predicted octanol–water partition coefficient (Wildman–Crippen LogP) is 3.21. The van der Waals surface area contributed by atoms with E-state index in [1.807, 2.05) is 12.2 Å². The van der Waals surface area contributed by atoms with Crippen LogP contribution >= 0.6 is 11.6 Å². The van der Waals surface area contributed by atoms with Crippen LogP contribution in [0.1, 0.15) is 71.8 Å². The largest absolute Gasteiger partial charge is 0.506 e. The van der Waals surface area contributed by atoms with Crippen LogP contribution in [0.15, 0.2) is 30.4 Å². The Morgan fingerprint density at radius 3 is 2.69 bits per heavy atom. The molecule has 1 saturated carbocycles. The van der Waals surface area contributed by atoms with Crippen LogP contribution in [-0.2, 0) is 19.1 Å². The van der Waals surface area contributed by atoms with Gasteiger partial charge in [-0.25, -0.2) is 9.59 Å². The van der Waals surface area contributed by atoms with Crippen molar-refractivity contribution in [2.45, 2.75) is 95.0 Å². The van der Waals surface area contributed by atoms with E-state index in [-0.39, 0.29) is 41.9 Å². The third-order valence-electron chi connectivity index (χ3n) is 8.29. The fourth-order valence-electron chi connectivity index (χ4n) is 5.84. The number of hydrogen-bond acceptors (Lipinski definition) is 9. The zero-order chi connectivity index (χ0) is 32.5. The van der Waals surface area contributed by atoms with Gasteiger partial charge in [0.05, 0.1) is 11.1 Å². The number of tetrazole rings is 1. The number of benzene rings is 1. The number of carbonyl (C=O) groups excluding carboxylic acids is 3. The maximum absolute atomic E-state index is 14.1. The normalized spacial score (nSPS) is 27.4. The predicted molar refractivity (Wildman–Crippen MR) is 161 cm³/mol. The summed E-state index contributed by atoms with van der Waals surface area (Å²) in [7, 11) is 0. The van der Waals surface area contributed by atoms with Crippen LogP contribution in [0.2, 0.25) is 5.02 Å². The molecule has 5 atom stereocenters. The van der Waals surface area contributed by atoms with Gasteiger partial charge in [-0.3, -0.25) is 9.59 Å². The van der Waals surface area contributed by atoms with Crippen LogP contribution < -0.4 is 10.6 Å². The van der Waals surface area contributed by atoms with Crippen LogP contribution in [-0.4, -0.2) is 89.0 Å². The second kappa shape index (κ2) is 12.7. The summed E-state index contributed by atoms with van der Waals surface area (Å²) in [6.07, 6.45) is 6.68. The minimum Gasteiger partial charge on any atom is -0.506 e. The number of rotatable bonds is 4. The number of alkyl carbamates (subject to hydrolysis) is 1. The molecule has 1 aromatic heterocycles. The summed E-state index contributed by atoms with van der Waals surface area (Å²) in [4.78, 5) is 55.7. The Bertz CT molecular complexity index is 1510. The molecule has 0 unspecified atom stereocenters. The number of carboxylic acid groups (broad SMARTS) is 1. The van der Waals surface area contributed by atoms with Crippen LogP contribution in [0.4, 0.5) is 4.79 Å². The Kier molecular flexibility index (Phi) is 9.06. The quantitative estimate of drug-likeness (QED) is 0.360. The summed E-state index contributed by atoms with van der Waals surface area (Å²) in [6, 6.07) is 1.85. The summed E-state index contributed by atoms with van der Waals surface area (Å²) >= 11 is 6.05. The summed E-state index contributed by atoms with van der Waals surface area (Å²) < 4.78 is 5.43.